The zero-order chi connectivity index (χ0) is 11.7. The highest BCUT2D eigenvalue weighted by Gasteiger charge is 2.16. The number of hydrogen-bond acceptors (Lipinski definition) is 2. The van der Waals surface area contributed by atoms with E-state index in [1.807, 2.05) is 19.1 Å². The molecule has 80 valence electrons. The number of furan rings is 1. The van der Waals surface area contributed by atoms with Crippen molar-refractivity contribution in [3.63, 3.8) is 0 Å². The standard InChI is InChI=1S/C13H11NO2/c1-3-5-9-6-4-7-10-11(9)8(2)12(16-10)13(14)15/h4,6-7H,1-2H3,(H2,14,15). The van der Waals surface area contributed by atoms with Gasteiger partial charge in [0.05, 0.1) is 0 Å². The maximum Gasteiger partial charge on any atom is 0.284 e. The number of rotatable bonds is 1. The summed E-state index contributed by atoms with van der Waals surface area (Å²) in [5.41, 5.74) is 7.48. The van der Waals surface area contributed by atoms with E-state index in [0.29, 0.717) is 5.58 Å². The molecule has 0 bridgehead atoms. The van der Waals surface area contributed by atoms with Crippen molar-refractivity contribution in [3.8, 4) is 11.8 Å². The molecule has 0 unspecified atom stereocenters. The van der Waals surface area contributed by atoms with Crippen LogP contribution in [0.2, 0.25) is 0 Å². The average molecular weight is 213 g/mol. The van der Waals surface area contributed by atoms with Gasteiger partial charge in [-0.25, -0.2) is 0 Å². The van der Waals surface area contributed by atoms with Crippen molar-refractivity contribution in [1.29, 1.82) is 0 Å². The highest BCUT2D eigenvalue weighted by molar-refractivity contribution is 5.99. The molecule has 0 aliphatic carbocycles. The maximum atomic E-state index is 11.2. The van der Waals surface area contributed by atoms with Crippen LogP contribution in [0.3, 0.4) is 0 Å². The Morgan fingerprint density at radius 1 is 1.44 bits per heavy atom. The Balaban J connectivity index is 2.85. The normalized spacial score (nSPS) is 9.88. The summed E-state index contributed by atoms with van der Waals surface area (Å²) in [5, 5.41) is 0.866. The van der Waals surface area contributed by atoms with E-state index in [1.54, 1.807) is 13.0 Å². The molecule has 16 heavy (non-hydrogen) atoms. The summed E-state index contributed by atoms with van der Waals surface area (Å²) < 4.78 is 5.40. The molecular formula is C13H11NO2. The third kappa shape index (κ3) is 1.45. The number of fused-ring (bicyclic) bond motifs is 1. The second-order valence-electron chi connectivity index (χ2n) is 3.47. The van der Waals surface area contributed by atoms with Crippen LogP contribution in [0.1, 0.15) is 28.6 Å². The van der Waals surface area contributed by atoms with Crippen molar-refractivity contribution in [2.24, 2.45) is 5.73 Å². The van der Waals surface area contributed by atoms with Gasteiger partial charge in [0, 0.05) is 16.5 Å². The largest absolute Gasteiger partial charge is 0.451 e. The molecule has 0 fully saturated rings. The van der Waals surface area contributed by atoms with Crippen LogP contribution in [0.25, 0.3) is 11.0 Å². The summed E-state index contributed by atoms with van der Waals surface area (Å²) in [7, 11) is 0. The van der Waals surface area contributed by atoms with Crippen LogP contribution >= 0.6 is 0 Å². The molecule has 3 heteroatoms. The average Bonchev–Trinajstić information content (AvgIpc) is 2.58. The molecule has 3 nitrogen and oxygen atoms in total. The molecule has 1 heterocycles. The quantitative estimate of drug-likeness (QED) is 0.738. The fraction of sp³-hybridized carbons (Fsp3) is 0.154. The minimum Gasteiger partial charge on any atom is -0.451 e. The van der Waals surface area contributed by atoms with Crippen LogP contribution in [0.4, 0.5) is 0 Å². The Bertz CT molecular complexity index is 626. The molecule has 2 N–H and O–H groups in total. The second-order valence-corrected chi connectivity index (χ2v) is 3.47. The van der Waals surface area contributed by atoms with Crippen molar-refractivity contribution >= 4 is 16.9 Å². The Kier molecular flexibility index (Phi) is 2.41. The van der Waals surface area contributed by atoms with Gasteiger partial charge in [0.15, 0.2) is 5.76 Å². The van der Waals surface area contributed by atoms with Gasteiger partial charge in [-0.2, -0.15) is 0 Å². The van der Waals surface area contributed by atoms with Gasteiger partial charge in [-0.15, -0.1) is 5.92 Å². The number of aryl methyl sites for hydroxylation is 1. The summed E-state index contributed by atoms with van der Waals surface area (Å²) in [6, 6.07) is 5.54. The summed E-state index contributed by atoms with van der Waals surface area (Å²) in [6.07, 6.45) is 0. The highest BCUT2D eigenvalue weighted by atomic mass is 16.3. The van der Waals surface area contributed by atoms with E-state index in [4.69, 9.17) is 10.2 Å². The van der Waals surface area contributed by atoms with Crippen LogP contribution < -0.4 is 5.73 Å². The highest BCUT2D eigenvalue weighted by Crippen LogP contribution is 2.27. The van der Waals surface area contributed by atoms with Crippen LogP contribution in [0, 0.1) is 18.8 Å². The van der Waals surface area contributed by atoms with Crippen molar-refractivity contribution in [2.75, 3.05) is 0 Å². The molecule has 0 atom stereocenters. The van der Waals surface area contributed by atoms with Crippen molar-refractivity contribution in [2.45, 2.75) is 13.8 Å². The topological polar surface area (TPSA) is 56.2 Å². The van der Waals surface area contributed by atoms with Gasteiger partial charge in [-0.3, -0.25) is 4.79 Å². The van der Waals surface area contributed by atoms with Crippen molar-refractivity contribution in [1.82, 2.24) is 0 Å². The first-order chi connectivity index (χ1) is 7.65. The fourth-order valence-electron chi connectivity index (χ4n) is 1.78. The molecule has 1 aromatic heterocycles. The maximum absolute atomic E-state index is 11.2. The monoisotopic (exact) mass is 213 g/mol. The van der Waals surface area contributed by atoms with Crippen LogP contribution in [-0.4, -0.2) is 5.91 Å². The third-order valence-corrected chi connectivity index (χ3v) is 2.44. The molecule has 0 spiro atoms. The van der Waals surface area contributed by atoms with Crippen LogP contribution in [-0.2, 0) is 0 Å². The van der Waals surface area contributed by atoms with E-state index in [-0.39, 0.29) is 5.76 Å². The Hall–Kier alpha value is -2.21. The third-order valence-electron chi connectivity index (χ3n) is 2.44. The predicted molar refractivity (Wildman–Crippen MR) is 62.0 cm³/mol. The van der Waals surface area contributed by atoms with Gasteiger partial charge < -0.3 is 10.2 Å². The van der Waals surface area contributed by atoms with Gasteiger partial charge in [-0.1, -0.05) is 12.0 Å². The van der Waals surface area contributed by atoms with E-state index in [9.17, 15) is 4.79 Å². The van der Waals surface area contributed by atoms with Crippen molar-refractivity contribution in [3.05, 3.63) is 35.1 Å². The molecule has 0 radical (unpaired) electrons. The summed E-state index contributed by atoms with van der Waals surface area (Å²) in [4.78, 5) is 11.2. The smallest absolute Gasteiger partial charge is 0.284 e. The van der Waals surface area contributed by atoms with Gasteiger partial charge in [0.2, 0.25) is 0 Å². The Morgan fingerprint density at radius 3 is 2.81 bits per heavy atom. The first kappa shape index (κ1) is 10.3. The van der Waals surface area contributed by atoms with Gasteiger partial charge in [0.25, 0.3) is 5.91 Å². The van der Waals surface area contributed by atoms with E-state index in [2.05, 4.69) is 11.8 Å². The molecule has 0 saturated heterocycles. The predicted octanol–water partition coefficient (Wildman–Crippen LogP) is 2.21. The van der Waals surface area contributed by atoms with Crippen LogP contribution in [0.5, 0.6) is 0 Å². The molecule has 1 amide bonds. The van der Waals surface area contributed by atoms with E-state index in [1.165, 1.54) is 0 Å². The van der Waals surface area contributed by atoms with Crippen molar-refractivity contribution < 1.29 is 9.21 Å². The first-order valence-electron chi connectivity index (χ1n) is 4.90. The molecule has 2 aromatic rings. The number of carbonyl (C=O) groups excluding carboxylic acids is 1. The first-order valence-corrected chi connectivity index (χ1v) is 4.90. The van der Waals surface area contributed by atoms with Crippen LogP contribution in [0.15, 0.2) is 22.6 Å². The Labute approximate surface area is 93.2 Å². The molecule has 0 aliphatic rings. The number of benzene rings is 1. The lowest BCUT2D eigenvalue weighted by Crippen LogP contribution is -2.10. The summed E-state index contributed by atoms with van der Waals surface area (Å²) >= 11 is 0. The van der Waals surface area contributed by atoms with E-state index in [0.717, 1.165) is 16.5 Å². The fourth-order valence-corrected chi connectivity index (χ4v) is 1.78. The van der Waals surface area contributed by atoms with E-state index < -0.39 is 5.91 Å². The number of primary amides is 1. The van der Waals surface area contributed by atoms with Gasteiger partial charge >= 0.3 is 0 Å². The molecule has 0 aliphatic heterocycles. The number of nitrogens with two attached hydrogens (primary N) is 1. The molecule has 0 saturated carbocycles. The SMILES string of the molecule is CC#Cc1cccc2oc(C(N)=O)c(C)c12. The minimum absolute atomic E-state index is 0.209. The summed E-state index contributed by atoms with van der Waals surface area (Å²) in [5.74, 6) is 5.47. The number of carbonyl (C=O) groups is 1. The summed E-state index contributed by atoms with van der Waals surface area (Å²) in [6.45, 7) is 3.58. The lowest BCUT2D eigenvalue weighted by Gasteiger charge is -1.94. The number of hydrogen-bond donors (Lipinski definition) is 1. The lowest BCUT2D eigenvalue weighted by atomic mass is 10.1. The molecular weight excluding hydrogens is 202 g/mol. The minimum atomic E-state index is -0.552. The lowest BCUT2D eigenvalue weighted by molar-refractivity contribution is 0.0975. The van der Waals surface area contributed by atoms with Gasteiger partial charge in [0.1, 0.15) is 5.58 Å². The molecule has 1 aromatic carbocycles. The van der Waals surface area contributed by atoms with E-state index >= 15 is 0 Å². The van der Waals surface area contributed by atoms with Gasteiger partial charge in [-0.05, 0) is 26.0 Å². The Morgan fingerprint density at radius 2 is 2.19 bits per heavy atom. The second kappa shape index (κ2) is 3.74. The zero-order valence-electron chi connectivity index (χ0n) is 9.13. The molecule has 2 rings (SSSR count). The zero-order valence-corrected chi connectivity index (χ0v) is 9.13. The number of amides is 1.